The third-order valence-corrected chi connectivity index (χ3v) is 5.95. The molecule has 2 saturated carbocycles. The van der Waals surface area contributed by atoms with Crippen molar-refractivity contribution in [3.63, 3.8) is 0 Å². The highest BCUT2D eigenvalue weighted by Crippen LogP contribution is 2.46. The number of halogens is 1. The lowest BCUT2D eigenvalue weighted by Gasteiger charge is -2.26. The number of rotatable bonds is 2. The van der Waals surface area contributed by atoms with Crippen LogP contribution in [-0.2, 0) is 0 Å². The molecule has 0 aromatic heterocycles. The Bertz CT molecular complexity index is 551. The molecule has 1 heterocycles. The van der Waals surface area contributed by atoms with Crippen molar-refractivity contribution in [2.24, 2.45) is 10.4 Å². The van der Waals surface area contributed by atoms with Gasteiger partial charge >= 0.3 is 0 Å². The summed E-state index contributed by atoms with van der Waals surface area (Å²) in [5.74, 6) is 1.80. The monoisotopic (exact) mass is 425 g/mol. The van der Waals surface area contributed by atoms with Gasteiger partial charge in [-0.1, -0.05) is 43.2 Å². The number of aliphatic imine (C=N–C) groups is 1. The number of likely N-dealkylation sites (tertiary alicyclic amines) is 1. The van der Waals surface area contributed by atoms with Crippen molar-refractivity contribution in [2.45, 2.75) is 50.5 Å². The van der Waals surface area contributed by atoms with E-state index in [-0.39, 0.29) is 24.0 Å². The molecule has 1 aromatic carbocycles. The van der Waals surface area contributed by atoms with Crippen LogP contribution < -0.4 is 5.32 Å². The molecule has 3 fully saturated rings. The molecule has 2 aliphatic carbocycles. The Morgan fingerprint density at radius 3 is 2.61 bits per heavy atom. The molecule has 3 aliphatic rings. The first kappa shape index (κ1) is 17.1. The van der Waals surface area contributed by atoms with E-state index in [1.165, 1.54) is 57.2 Å². The predicted molar refractivity (Wildman–Crippen MR) is 107 cm³/mol. The molecule has 1 aromatic rings. The minimum Gasteiger partial charge on any atom is -0.353 e. The summed E-state index contributed by atoms with van der Waals surface area (Å²) in [7, 11) is 1.93. The smallest absolute Gasteiger partial charge is 0.193 e. The molecule has 1 N–H and O–H groups in total. The second-order valence-electron chi connectivity index (χ2n) is 7.43. The van der Waals surface area contributed by atoms with Crippen molar-refractivity contribution in [2.75, 3.05) is 20.1 Å². The zero-order valence-corrected chi connectivity index (χ0v) is 16.3. The lowest BCUT2D eigenvalue weighted by molar-refractivity contribution is 0.309. The average Bonchev–Trinajstić information content (AvgIpc) is 2.98. The van der Waals surface area contributed by atoms with E-state index in [0.29, 0.717) is 17.4 Å². The van der Waals surface area contributed by atoms with Gasteiger partial charge in [-0.2, -0.15) is 0 Å². The zero-order valence-electron chi connectivity index (χ0n) is 14.0. The maximum Gasteiger partial charge on any atom is 0.193 e. The van der Waals surface area contributed by atoms with Gasteiger partial charge < -0.3 is 10.2 Å². The number of benzene rings is 1. The molecule has 2 atom stereocenters. The van der Waals surface area contributed by atoms with Crippen LogP contribution in [0.5, 0.6) is 0 Å². The van der Waals surface area contributed by atoms with Gasteiger partial charge in [-0.05, 0) is 36.7 Å². The second-order valence-corrected chi connectivity index (χ2v) is 7.43. The maximum absolute atomic E-state index is 4.56. The predicted octanol–water partition coefficient (Wildman–Crippen LogP) is 4.00. The normalized spacial score (nSPS) is 28.7. The van der Waals surface area contributed by atoms with E-state index in [4.69, 9.17) is 0 Å². The van der Waals surface area contributed by atoms with Crippen LogP contribution in [0.1, 0.15) is 50.0 Å². The Morgan fingerprint density at radius 1 is 1.17 bits per heavy atom. The third kappa shape index (κ3) is 3.52. The summed E-state index contributed by atoms with van der Waals surface area (Å²) in [5, 5.41) is 3.71. The standard InChI is InChI=1S/C19H27N3.HI/c1-20-18(22-12-11-19(14-22)9-5-6-10-19)21-17-13-16(17)15-7-3-2-4-8-15;/h2-4,7-8,16-17H,5-6,9-14H2,1H3,(H,20,21);1H. The van der Waals surface area contributed by atoms with E-state index >= 15 is 0 Å². The van der Waals surface area contributed by atoms with Crippen LogP contribution in [0, 0.1) is 5.41 Å². The average molecular weight is 425 g/mol. The lowest BCUT2D eigenvalue weighted by atomic mass is 9.86. The van der Waals surface area contributed by atoms with Crippen molar-refractivity contribution in [1.29, 1.82) is 0 Å². The summed E-state index contributed by atoms with van der Waals surface area (Å²) in [6, 6.07) is 11.4. The van der Waals surface area contributed by atoms with Gasteiger partial charge in [0, 0.05) is 32.1 Å². The van der Waals surface area contributed by atoms with Gasteiger partial charge in [0.25, 0.3) is 0 Å². The van der Waals surface area contributed by atoms with Crippen LogP contribution in [0.25, 0.3) is 0 Å². The molecule has 0 radical (unpaired) electrons. The molecule has 1 spiro atoms. The van der Waals surface area contributed by atoms with Crippen LogP contribution in [0.3, 0.4) is 0 Å². The van der Waals surface area contributed by atoms with Crippen LogP contribution in [-0.4, -0.2) is 37.0 Å². The van der Waals surface area contributed by atoms with E-state index in [0.717, 1.165) is 5.96 Å². The van der Waals surface area contributed by atoms with Crippen LogP contribution in [0.4, 0.5) is 0 Å². The van der Waals surface area contributed by atoms with Gasteiger partial charge in [-0.25, -0.2) is 0 Å². The molecule has 4 heteroatoms. The SMILES string of the molecule is CN=C(NC1CC1c1ccccc1)N1CCC2(CCCC2)C1.I. The molecular formula is C19H28IN3. The van der Waals surface area contributed by atoms with Crippen molar-refractivity contribution in [3.05, 3.63) is 35.9 Å². The first-order valence-electron chi connectivity index (χ1n) is 8.83. The summed E-state index contributed by atoms with van der Waals surface area (Å²) in [6.07, 6.45) is 8.31. The fourth-order valence-electron chi connectivity index (χ4n) is 4.54. The molecular weight excluding hydrogens is 397 g/mol. The molecule has 2 unspecified atom stereocenters. The number of nitrogens with zero attached hydrogens (tertiary/aromatic N) is 2. The first-order valence-corrected chi connectivity index (χ1v) is 8.83. The third-order valence-electron chi connectivity index (χ3n) is 5.95. The van der Waals surface area contributed by atoms with Gasteiger partial charge in [0.2, 0.25) is 0 Å². The van der Waals surface area contributed by atoms with E-state index < -0.39 is 0 Å². The van der Waals surface area contributed by atoms with Gasteiger partial charge in [-0.3, -0.25) is 4.99 Å². The van der Waals surface area contributed by atoms with E-state index in [9.17, 15) is 0 Å². The van der Waals surface area contributed by atoms with E-state index in [2.05, 4.69) is 45.5 Å². The molecule has 4 rings (SSSR count). The summed E-state index contributed by atoms with van der Waals surface area (Å²) < 4.78 is 0. The number of hydrogen-bond donors (Lipinski definition) is 1. The summed E-state index contributed by atoms with van der Waals surface area (Å²) in [4.78, 5) is 7.07. The molecule has 1 saturated heterocycles. The fraction of sp³-hybridized carbons (Fsp3) is 0.632. The maximum atomic E-state index is 4.56. The van der Waals surface area contributed by atoms with Gasteiger partial charge in [-0.15, -0.1) is 24.0 Å². The quantitative estimate of drug-likeness (QED) is 0.441. The molecule has 126 valence electrons. The van der Waals surface area contributed by atoms with Crippen molar-refractivity contribution in [3.8, 4) is 0 Å². The van der Waals surface area contributed by atoms with Crippen LogP contribution >= 0.6 is 24.0 Å². The fourth-order valence-corrected chi connectivity index (χ4v) is 4.54. The van der Waals surface area contributed by atoms with Crippen LogP contribution in [0.15, 0.2) is 35.3 Å². The Morgan fingerprint density at radius 2 is 1.91 bits per heavy atom. The minimum absolute atomic E-state index is 0. The molecule has 3 nitrogen and oxygen atoms in total. The summed E-state index contributed by atoms with van der Waals surface area (Å²) in [6.45, 7) is 2.40. The van der Waals surface area contributed by atoms with Crippen LogP contribution in [0.2, 0.25) is 0 Å². The Balaban J connectivity index is 0.00000156. The largest absolute Gasteiger partial charge is 0.353 e. The van der Waals surface area contributed by atoms with Crippen molar-refractivity contribution >= 4 is 29.9 Å². The Labute approximate surface area is 157 Å². The first-order chi connectivity index (χ1) is 10.8. The molecule has 1 aliphatic heterocycles. The van der Waals surface area contributed by atoms with Gasteiger partial charge in [0.1, 0.15) is 0 Å². The summed E-state index contributed by atoms with van der Waals surface area (Å²) >= 11 is 0. The van der Waals surface area contributed by atoms with Gasteiger partial charge in [0.15, 0.2) is 5.96 Å². The van der Waals surface area contributed by atoms with Gasteiger partial charge in [0.05, 0.1) is 0 Å². The second kappa shape index (κ2) is 6.99. The topological polar surface area (TPSA) is 27.6 Å². The van der Waals surface area contributed by atoms with Crippen molar-refractivity contribution < 1.29 is 0 Å². The summed E-state index contributed by atoms with van der Waals surface area (Å²) in [5.41, 5.74) is 2.07. The lowest BCUT2D eigenvalue weighted by Crippen LogP contribution is -2.42. The number of nitrogens with one attached hydrogen (secondary N) is 1. The Kier molecular flexibility index (Phi) is 5.19. The molecule has 0 bridgehead atoms. The Hall–Kier alpha value is -0.780. The van der Waals surface area contributed by atoms with Crippen molar-refractivity contribution in [1.82, 2.24) is 10.2 Å². The molecule has 23 heavy (non-hydrogen) atoms. The number of guanidine groups is 1. The highest BCUT2D eigenvalue weighted by Gasteiger charge is 2.43. The zero-order chi connectivity index (χ0) is 15.0. The minimum atomic E-state index is 0. The van der Waals surface area contributed by atoms with E-state index in [1.54, 1.807) is 0 Å². The molecule has 0 amide bonds. The highest BCUT2D eigenvalue weighted by atomic mass is 127. The van der Waals surface area contributed by atoms with E-state index in [1.807, 2.05) is 7.05 Å². The number of hydrogen-bond acceptors (Lipinski definition) is 1. The highest BCUT2D eigenvalue weighted by molar-refractivity contribution is 14.0.